The highest BCUT2D eigenvalue weighted by Gasteiger charge is 2.10. The van der Waals surface area contributed by atoms with Gasteiger partial charge in [0, 0.05) is 32.4 Å². The largest absolute Gasteiger partial charge is 0.384 e. The van der Waals surface area contributed by atoms with Crippen molar-refractivity contribution in [1.29, 1.82) is 0 Å². The van der Waals surface area contributed by atoms with Crippen LogP contribution in [0.5, 0.6) is 0 Å². The first-order chi connectivity index (χ1) is 7.79. The number of benzene rings is 1. The van der Waals surface area contributed by atoms with E-state index in [2.05, 4.69) is 35.5 Å². The third kappa shape index (κ3) is 2.74. The summed E-state index contributed by atoms with van der Waals surface area (Å²) in [6.45, 7) is 3.85. The number of hydrogen-bond donors (Lipinski definition) is 1. The van der Waals surface area contributed by atoms with Gasteiger partial charge in [-0.1, -0.05) is 12.1 Å². The molecule has 0 aromatic heterocycles. The summed E-state index contributed by atoms with van der Waals surface area (Å²) < 4.78 is 5.07. The molecule has 3 nitrogen and oxygen atoms in total. The minimum Gasteiger partial charge on any atom is -0.384 e. The molecule has 1 aliphatic rings. The van der Waals surface area contributed by atoms with Gasteiger partial charge < -0.3 is 10.1 Å². The van der Waals surface area contributed by atoms with Crippen molar-refractivity contribution in [3.05, 3.63) is 29.3 Å². The van der Waals surface area contributed by atoms with E-state index in [1.165, 1.54) is 16.8 Å². The van der Waals surface area contributed by atoms with Crippen molar-refractivity contribution in [1.82, 2.24) is 4.90 Å². The van der Waals surface area contributed by atoms with Gasteiger partial charge in [0.1, 0.15) is 0 Å². The van der Waals surface area contributed by atoms with Crippen LogP contribution in [0.3, 0.4) is 0 Å². The Morgan fingerprint density at radius 3 is 3.12 bits per heavy atom. The number of rotatable bonds is 5. The second-order valence-electron chi connectivity index (χ2n) is 4.40. The second-order valence-corrected chi connectivity index (χ2v) is 4.40. The topological polar surface area (TPSA) is 24.5 Å². The van der Waals surface area contributed by atoms with Gasteiger partial charge >= 0.3 is 0 Å². The van der Waals surface area contributed by atoms with Crippen molar-refractivity contribution in [2.75, 3.05) is 39.2 Å². The first-order valence-electron chi connectivity index (χ1n) is 5.83. The average molecular weight is 220 g/mol. The molecule has 0 aliphatic carbocycles. The molecule has 1 aromatic rings. The minimum absolute atomic E-state index is 0.795. The molecule has 3 heteroatoms. The van der Waals surface area contributed by atoms with Gasteiger partial charge in [-0.25, -0.2) is 0 Å². The number of hydrogen-bond acceptors (Lipinski definition) is 3. The first kappa shape index (κ1) is 11.4. The number of methoxy groups -OCH3 is 1. The molecule has 0 spiro atoms. The highest BCUT2D eigenvalue weighted by atomic mass is 16.5. The molecule has 88 valence electrons. The van der Waals surface area contributed by atoms with Crippen LogP contribution in [-0.4, -0.2) is 38.8 Å². The maximum absolute atomic E-state index is 5.07. The third-order valence-corrected chi connectivity index (χ3v) is 3.01. The molecule has 1 aromatic carbocycles. The lowest BCUT2D eigenvalue weighted by atomic mass is 10.1. The summed E-state index contributed by atoms with van der Waals surface area (Å²) in [4.78, 5) is 2.29. The Bertz CT molecular complexity index is 352. The van der Waals surface area contributed by atoms with Crippen LogP contribution in [0.4, 0.5) is 5.69 Å². The number of likely N-dealkylation sites (N-methyl/N-ethyl adjacent to an activating group) is 1. The van der Waals surface area contributed by atoms with Gasteiger partial charge in [-0.2, -0.15) is 0 Å². The Morgan fingerprint density at radius 1 is 1.44 bits per heavy atom. The lowest BCUT2D eigenvalue weighted by Gasteiger charge is -2.16. The van der Waals surface area contributed by atoms with Crippen molar-refractivity contribution in [2.24, 2.45) is 0 Å². The minimum atomic E-state index is 0.795. The zero-order chi connectivity index (χ0) is 11.4. The zero-order valence-corrected chi connectivity index (χ0v) is 10.1. The summed E-state index contributed by atoms with van der Waals surface area (Å²) in [6.07, 6.45) is 1.16. The number of anilines is 1. The van der Waals surface area contributed by atoms with Crippen LogP contribution in [-0.2, 0) is 17.7 Å². The summed E-state index contributed by atoms with van der Waals surface area (Å²) in [7, 11) is 3.87. The zero-order valence-electron chi connectivity index (χ0n) is 10.1. The predicted octanol–water partition coefficient (Wildman–Crippen LogP) is 1.73. The van der Waals surface area contributed by atoms with E-state index in [1.54, 1.807) is 7.11 Å². The summed E-state index contributed by atoms with van der Waals surface area (Å²) in [6, 6.07) is 6.72. The molecule has 0 amide bonds. The summed E-state index contributed by atoms with van der Waals surface area (Å²) >= 11 is 0. The fraction of sp³-hybridized carbons (Fsp3) is 0.538. The molecule has 0 atom stereocenters. The number of nitrogens with one attached hydrogen (secondary N) is 1. The van der Waals surface area contributed by atoms with Gasteiger partial charge in [0.05, 0.1) is 6.61 Å². The quantitative estimate of drug-likeness (QED) is 0.818. The van der Waals surface area contributed by atoms with Gasteiger partial charge in [-0.05, 0) is 30.7 Å². The van der Waals surface area contributed by atoms with E-state index in [4.69, 9.17) is 4.74 Å². The maximum atomic E-state index is 5.07. The number of ether oxygens (including phenoxy) is 1. The van der Waals surface area contributed by atoms with Gasteiger partial charge in [-0.15, -0.1) is 0 Å². The second kappa shape index (κ2) is 5.32. The molecule has 1 heterocycles. The fourth-order valence-electron chi connectivity index (χ4n) is 2.09. The van der Waals surface area contributed by atoms with Crippen molar-refractivity contribution >= 4 is 5.69 Å². The molecule has 2 rings (SSSR count). The lowest BCUT2D eigenvalue weighted by molar-refractivity contribution is 0.158. The van der Waals surface area contributed by atoms with Crippen LogP contribution in [0, 0.1) is 0 Å². The van der Waals surface area contributed by atoms with Gasteiger partial charge in [-0.3, -0.25) is 4.90 Å². The standard InChI is InChI=1S/C13H20N2O/c1-15(7-8-16-2)10-11-3-4-13-12(9-11)5-6-14-13/h3-4,9,14H,5-8,10H2,1-2H3. The maximum Gasteiger partial charge on any atom is 0.0589 e. The molecular formula is C13H20N2O. The molecule has 16 heavy (non-hydrogen) atoms. The fourth-order valence-corrected chi connectivity index (χ4v) is 2.09. The van der Waals surface area contributed by atoms with Crippen LogP contribution < -0.4 is 5.32 Å². The molecule has 0 bridgehead atoms. The van der Waals surface area contributed by atoms with Crippen molar-refractivity contribution in [2.45, 2.75) is 13.0 Å². The van der Waals surface area contributed by atoms with E-state index in [0.29, 0.717) is 0 Å². The summed E-state index contributed by atoms with van der Waals surface area (Å²) in [5.74, 6) is 0. The monoisotopic (exact) mass is 220 g/mol. The molecule has 1 aliphatic heterocycles. The smallest absolute Gasteiger partial charge is 0.0589 e. The van der Waals surface area contributed by atoms with Crippen LogP contribution in [0.2, 0.25) is 0 Å². The van der Waals surface area contributed by atoms with Crippen molar-refractivity contribution < 1.29 is 4.74 Å². The van der Waals surface area contributed by atoms with E-state index in [9.17, 15) is 0 Å². The van der Waals surface area contributed by atoms with Gasteiger partial charge in [0.25, 0.3) is 0 Å². The lowest BCUT2D eigenvalue weighted by Crippen LogP contribution is -2.22. The molecular weight excluding hydrogens is 200 g/mol. The van der Waals surface area contributed by atoms with E-state index < -0.39 is 0 Å². The predicted molar refractivity (Wildman–Crippen MR) is 66.8 cm³/mol. The Labute approximate surface area is 97.4 Å². The Balaban J connectivity index is 1.94. The Hall–Kier alpha value is -1.06. The summed E-state index contributed by atoms with van der Waals surface area (Å²) in [5, 5.41) is 3.38. The van der Waals surface area contributed by atoms with Crippen LogP contribution in [0.15, 0.2) is 18.2 Å². The van der Waals surface area contributed by atoms with Crippen molar-refractivity contribution in [3.63, 3.8) is 0 Å². The van der Waals surface area contributed by atoms with E-state index in [-0.39, 0.29) is 0 Å². The third-order valence-electron chi connectivity index (χ3n) is 3.01. The van der Waals surface area contributed by atoms with E-state index >= 15 is 0 Å². The molecule has 0 saturated carbocycles. The number of fused-ring (bicyclic) bond motifs is 1. The number of nitrogens with zero attached hydrogens (tertiary/aromatic N) is 1. The highest BCUT2D eigenvalue weighted by Crippen LogP contribution is 2.23. The normalized spacial score (nSPS) is 13.9. The van der Waals surface area contributed by atoms with Crippen LogP contribution in [0.1, 0.15) is 11.1 Å². The first-order valence-corrected chi connectivity index (χ1v) is 5.83. The average Bonchev–Trinajstić information content (AvgIpc) is 2.73. The highest BCUT2D eigenvalue weighted by molar-refractivity contribution is 5.56. The van der Waals surface area contributed by atoms with E-state index in [0.717, 1.165) is 32.7 Å². The van der Waals surface area contributed by atoms with Crippen LogP contribution >= 0.6 is 0 Å². The van der Waals surface area contributed by atoms with Gasteiger partial charge in [0.15, 0.2) is 0 Å². The molecule has 0 saturated heterocycles. The molecule has 1 N–H and O–H groups in total. The molecule has 0 unspecified atom stereocenters. The van der Waals surface area contributed by atoms with Crippen LogP contribution in [0.25, 0.3) is 0 Å². The van der Waals surface area contributed by atoms with E-state index in [1.807, 2.05) is 0 Å². The summed E-state index contributed by atoms with van der Waals surface area (Å²) in [5.41, 5.74) is 4.15. The van der Waals surface area contributed by atoms with Gasteiger partial charge in [0.2, 0.25) is 0 Å². The Kier molecular flexibility index (Phi) is 3.80. The van der Waals surface area contributed by atoms with Crippen molar-refractivity contribution in [3.8, 4) is 0 Å². The molecule has 0 radical (unpaired) electrons. The Morgan fingerprint density at radius 2 is 2.31 bits per heavy atom. The molecule has 0 fully saturated rings. The SMILES string of the molecule is COCCN(C)Cc1ccc2c(c1)CCN2.